The van der Waals surface area contributed by atoms with E-state index in [1.54, 1.807) is 0 Å². The Hall–Kier alpha value is 3.51. The molecule has 0 rings (SSSR count). The monoisotopic (exact) mass is 321 g/mol. The Bertz CT molecular complexity index is 18.0. The van der Waals surface area contributed by atoms with Crippen LogP contribution in [0.2, 0.25) is 0 Å². The van der Waals surface area contributed by atoms with E-state index in [-0.39, 0.29) is 105 Å². The first-order chi connectivity index (χ1) is 1.00. The van der Waals surface area contributed by atoms with Crippen molar-refractivity contribution in [1.82, 2.24) is 0 Å². The molecule has 0 aromatic rings. The van der Waals surface area contributed by atoms with Crippen LogP contribution in [0.4, 0.5) is 0 Å². The van der Waals surface area contributed by atoms with Crippen molar-refractivity contribution in [2.75, 3.05) is 0 Å². The maximum absolute atomic E-state index is 7.94. The van der Waals surface area contributed by atoms with Crippen molar-refractivity contribution in [2.45, 2.75) is 0 Å². The third-order valence-corrected chi connectivity index (χ3v) is 0. The van der Waals surface area contributed by atoms with Crippen molar-refractivity contribution in [3.8, 4) is 0 Å². The van der Waals surface area contributed by atoms with Gasteiger partial charge in [0.05, 0.1) is 0 Å². The molecule has 2 radical (unpaired) electrons. The molecule has 1 nitrogen and oxygen atoms in total. The molecule has 0 saturated heterocycles. The molecule has 55 valence electrons. The fourth-order valence-electron chi connectivity index (χ4n) is 0. The van der Waals surface area contributed by atoms with Gasteiger partial charge in [-0.05, 0) is 0 Å². The van der Waals surface area contributed by atoms with Gasteiger partial charge in [-0.1, -0.05) is 0 Å². The van der Waals surface area contributed by atoms with E-state index < -0.39 is 0 Å². The van der Waals surface area contributed by atoms with Crippen molar-refractivity contribution in [1.29, 1.82) is 0 Å². The molecule has 0 spiro atoms. The summed E-state index contributed by atoms with van der Waals surface area (Å²) in [5.74, 6) is 0. The summed E-state index contributed by atoms with van der Waals surface area (Å²) in [6.07, 6.45) is 0. The van der Waals surface area contributed by atoms with E-state index in [9.17, 15) is 0 Å². The van der Waals surface area contributed by atoms with E-state index in [1.807, 2.05) is 0 Å². The molecule has 0 unspecified atom stereocenters. The summed E-state index contributed by atoms with van der Waals surface area (Å²) < 4.78 is 7.94. The van der Waals surface area contributed by atoms with E-state index >= 15 is 0 Å². The van der Waals surface area contributed by atoms with Gasteiger partial charge in [-0.3, -0.25) is 0 Å². The Morgan fingerprint density at radius 1 is 0.875 bits per heavy atom. The van der Waals surface area contributed by atoms with Crippen molar-refractivity contribution < 1.29 is 86.4 Å². The molecule has 0 fully saturated rings. The third kappa shape index (κ3) is 55.8. The zero-order valence-corrected chi connectivity index (χ0v) is 7.32. The molecular weight excluding hydrogens is 320 g/mol. The van der Waals surface area contributed by atoms with Gasteiger partial charge >= 0.3 is 57.3 Å². The number of rotatable bonds is 0. The molecule has 0 aliphatic carbocycles. The van der Waals surface area contributed by atoms with Gasteiger partial charge in [0.1, 0.15) is 0 Å². The second kappa shape index (κ2) is 77.1. The summed E-state index contributed by atoms with van der Waals surface area (Å²) in [5.41, 5.74) is 0. The summed E-state index contributed by atoms with van der Waals surface area (Å²) in [6, 6.07) is 0. The van der Waals surface area contributed by atoms with Crippen LogP contribution in [-0.2, 0) is 86.4 Å². The molecule has 0 bridgehead atoms. The van der Waals surface area contributed by atoms with Crippen LogP contribution in [0, 0.1) is 0 Å². The van der Waals surface area contributed by atoms with Crippen LogP contribution >= 0.6 is 0 Å². The second-order valence-electron chi connectivity index (χ2n) is 0. The van der Waals surface area contributed by atoms with Crippen LogP contribution in [0.1, 0.15) is 0 Å². The molecule has 8 heavy (non-hydrogen) atoms. The Labute approximate surface area is 122 Å². The van der Waals surface area contributed by atoms with Gasteiger partial charge in [0.25, 0.3) is 0 Å². The molecule has 0 N–H and O–H groups in total. The van der Waals surface area contributed by atoms with Gasteiger partial charge < -0.3 is 0 Å². The molecule has 0 aromatic heterocycles. The average Bonchev–Trinajstić information content (AvgIpc) is 1.00. The Kier molecular flexibility index (Phi) is 602. The van der Waals surface area contributed by atoms with Crippen LogP contribution in [0.3, 0.4) is 0 Å². The van der Waals surface area contributed by atoms with Gasteiger partial charge in [0, 0.05) is 66.8 Å². The minimum absolute atomic E-state index is 0. The average molecular weight is 322 g/mol. The first kappa shape index (κ1) is 62.5. The topological polar surface area (TPSA) is 17.1 Å². The van der Waals surface area contributed by atoms with Crippen LogP contribution in [-0.4, -0.2) is 37.7 Å². The predicted molar refractivity (Wildman–Crippen MR) is 15.0 cm³/mol. The summed E-state index contributed by atoms with van der Waals surface area (Å²) >= 11 is 2.31. The third-order valence-electron chi connectivity index (χ3n) is 0. The Morgan fingerprint density at radius 3 is 0.875 bits per heavy atom. The Morgan fingerprint density at radius 2 is 0.875 bits per heavy atom. The maximum atomic E-state index is 7.94. The summed E-state index contributed by atoms with van der Waals surface area (Å²) in [6.45, 7) is 0. The SMILES string of the molecule is [Co].[LiH].[LiH].[Mn].[Ni].[Ni].[O]=[Co]. The molecule has 0 atom stereocenters. The zero-order valence-electron chi connectivity index (χ0n) is 2.09. The van der Waals surface area contributed by atoms with E-state index in [2.05, 4.69) is 15.7 Å². The van der Waals surface area contributed by atoms with E-state index in [4.69, 9.17) is 3.87 Å². The van der Waals surface area contributed by atoms with E-state index in [0.29, 0.717) is 0 Å². The fraction of sp³-hybridized carbons (Fsp3) is 0. The number of hydrogen-bond acceptors (Lipinski definition) is 1. The molecule has 0 aromatic carbocycles. The molecule has 0 heterocycles. The van der Waals surface area contributed by atoms with Crippen LogP contribution in [0.15, 0.2) is 0 Å². The molecule has 8 heteroatoms. The molecule has 0 amide bonds. The standard InChI is InChI=1S/2Co.2Li.Mn.2Ni.O.2H. The van der Waals surface area contributed by atoms with E-state index in [0.717, 1.165) is 0 Å². The van der Waals surface area contributed by atoms with Crippen molar-refractivity contribution >= 4 is 37.7 Å². The fourth-order valence-corrected chi connectivity index (χ4v) is 0. The quantitative estimate of drug-likeness (QED) is 0.500. The Balaban J connectivity index is -0.000000000333. The van der Waals surface area contributed by atoms with Gasteiger partial charge in [0.2, 0.25) is 0 Å². The molecule has 0 aliphatic rings. The van der Waals surface area contributed by atoms with Crippen molar-refractivity contribution in [2.24, 2.45) is 0 Å². The van der Waals surface area contributed by atoms with Gasteiger partial charge in [-0.2, -0.15) is 0 Å². The van der Waals surface area contributed by atoms with Crippen molar-refractivity contribution in [3.05, 3.63) is 0 Å². The predicted octanol–water partition coefficient (Wildman–Crippen LogP) is -1.43. The van der Waals surface area contributed by atoms with E-state index in [1.165, 1.54) is 0 Å². The van der Waals surface area contributed by atoms with Crippen LogP contribution < -0.4 is 0 Å². The van der Waals surface area contributed by atoms with Crippen LogP contribution in [0.5, 0.6) is 0 Å². The molecule has 0 saturated carbocycles. The number of hydrogen-bond donors (Lipinski definition) is 0. The normalized spacial score (nSPS) is 0.625. The first-order valence-corrected chi connectivity index (χ1v) is 0.561. The van der Waals surface area contributed by atoms with Crippen LogP contribution in [0.25, 0.3) is 0 Å². The van der Waals surface area contributed by atoms with Gasteiger partial charge in [-0.15, -0.1) is 0 Å². The van der Waals surface area contributed by atoms with Crippen molar-refractivity contribution in [3.63, 3.8) is 0 Å². The first-order valence-electron chi connectivity index (χ1n) is 0.136. The zero-order chi connectivity index (χ0) is 2.00. The van der Waals surface area contributed by atoms with Gasteiger partial charge in [0.15, 0.2) is 0 Å². The summed E-state index contributed by atoms with van der Waals surface area (Å²) in [4.78, 5) is 0. The summed E-state index contributed by atoms with van der Waals surface area (Å²) in [5, 5.41) is 0. The van der Waals surface area contributed by atoms with Gasteiger partial charge in [-0.25, -0.2) is 0 Å². The minimum atomic E-state index is 0. The molecular formula is H2Co2Li2MnNi2O. The molecule has 0 aliphatic heterocycles. The second-order valence-corrected chi connectivity index (χ2v) is 0. The summed E-state index contributed by atoms with van der Waals surface area (Å²) in [7, 11) is 0.